The summed E-state index contributed by atoms with van der Waals surface area (Å²) in [6.07, 6.45) is 10.1. The van der Waals surface area contributed by atoms with Crippen molar-refractivity contribution in [3.8, 4) is 0 Å². The van der Waals surface area contributed by atoms with Gasteiger partial charge in [0.1, 0.15) is 0 Å². The van der Waals surface area contributed by atoms with Crippen molar-refractivity contribution in [1.82, 2.24) is 0 Å². The standard InChI is InChI=1S/C17H32/c1-6-9-13-14(8-3)17(5,15(13)10-7-2)16(4)11-12-16/h13-15H,6-12H2,1-5H3. The van der Waals surface area contributed by atoms with E-state index in [2.05, 4.69) is 34.6 Å². The average molecular weight is 236 g/mol. The summed E-state index contributed by atoms with van der Waals surface area (Å²) < 4.78 is 0. The van der Waals surface area contributed by atoms with Gasteiger partial charge in [-0.3, -0.25) is 0 Å². The van der Waals surface area contributed by atoms with Gasteiger partial charge in [-0.15, -0.1) is 0 Å². The van der Waals surface area contributed by atoms with E-state index in [1.165, 1.54) is 44.9 Å². The average Bonchev–Trinajstić information content (AvgIpc) is 3.05. The third kappa shape index (κ3) is 1.78. The molecular formula is C17H32. The predicted molar refractivity (Wildman–Crippen MR) is 76.0 cm³/mol. The predicted octanol–water partition coefficient (Wildman–Crippen LogP) is 5.67. The molecule has 4 atom stereocenters. The topological polar surface area (TPSA) is 0 Å². The minimum absolute atomic E-state index is 0.678. The quantitative estimate of drug-likeness (QED) is 0.558. The molecule has 0 bridgehead atoms. The first-order chi connectivity index (χ1) is 8.05. The molecule has 0 spiro atoms. The minimum atomic E-state index is 0.678. The number of rotatable bonds is 6. The normalized spacial score (nSPS) is 43.2. The molecule has 0 aromatic heterocycles. The third-order valence-electron chi connectivity index (χ3n) is 6.54. The maximum absolute atomic E-state index is 2.64. The fourth-order valence-corrected chi connectivity index (χ4v) is 5.24. The molecule has 2 rings (SSSR count). The fraction of sp³-hybridized carbons (Fsp3) is 1.00. The zero-order valence-electron chi connectivity index (χ0n) is 12.7. The van der Waals surface area contributed by atoms with Crippen LogP contribution < -0.4 is 0 Å². The lowest BCUT2D eigenvalue weighted by molar-refractivity contribution is -0.165. The van der Waals surface area contributed by atoms with Crippen LogP contribution in [0.15, 0.2) is 0 Å². The minimum Gasteiger partial charge on any atom is -0.0654 e. The highest BCUT2D eigenvalue weighted by molar-refractivity contribution is 5.16. The summed E-state index contributed by atoms with van der Waals surface area (Å²) >= 11 is 0. The van der Waals surface area contributed by atoms with Crippen molar-refractivity contribution in [2.45, 2.75) is 79.6 Å². The van der Waals surface area contributed by atoms with Gasteiger partial charge in [-0.2, -0.15) is 0 Å². The van der Waals surface area contributed by atoms with Crippen LogP contribution in [0.5, 0.6) is 0 Å². The van der Waals surface area contributed by atoms with Crippen molar-refractivity contribution in [1.29, 1.82) is 0 Å². The van der Waals surface area contributed by atoms with Crippen molar-refractivity contribution < 1.29 is 0 Å². The Hall–Kier alpha value is 0. The van der Waals surface area contributed by atoms with Crippen molar-refractivity contribution >= 4 is 0 Å². The van der Waals surface area contributed by atoms with E-state index in [4.69, 9.17) is 0 Å². The lowest BCUT2D eigenvalue weighted by Crippen LogP contribution is -2.58. The van der Waals surface area contributed by atoms with Crippen LogP contribution in [-0.2, 0) is 0 Å². The van der Waals surface area contributed by atoms with Gasteiger partial charge in [0.15, 0.2) is 0 Å². The zero-order chi connectivity index (χ0) is 12.7. The summed E-state index contributed by atoms with van der Waals surface area (Å²) in [6, 6.07) is 0. The molecule has 2 aliphatic rings. The Morgan fingerprint density at radius 1 is 0.882 bits per heavy atom. The third-order valence-corrected chi connectivity index (χ3v) is 6.54. The zero-order valence-corrected chi connectivity index (χ0v) is 12.7. The highest BCUT2D eigenvalue weighted by Gasteiger charge is 2.67. The second kappa shape index (κ2) is 4.59. The first kappa shape index (κ1) is 13.4. The molecule has 0 aliphatic heterocycles. The van der Waals surface area contributed by atoms with Crippen molar-refractivity contribution in [2.75, 3.05) is 0 Å². The summed E-state index contributed by atoms with van der Waals surface area (Å²) in [6.45, 7) is 12.4. The van der Waals surface area contributed by atoms with Crippen LogP contribution in [0.4, 0.5) is 0 Å². The first-order valence-electron chi connectivity index (χ1n) is 8.05. The van der Waals surface area contributed by atoms with Gasteiger partial charge in [0.2, 0.25) is 0 Å². The number of hydrogen-bond donors (Lipinski definition) is 0. The molecule has 2 fully saturated rings. The monoisotopic (exact) mass is 236 g/mol. The SMILES string of the molecule is CCCC1C(CC)C(C)(C2(C)CC2)C1CCC. The van der Waals surface area contributed by atoms with Crippen molar-refractivity contribution in [2.24, 2.45) is 28.6 Å². The van der Waals surface area contributed by atoms with Crippen LogP contribution in [0.2, 0.25) is 0 Å². The Morgan fingerprint density at radius 3 is 1.88 bits per heavy atom. The van der Waals surface area contributed by atoms with E-state index in [1.807, 2.05) is 0 Å². The van der Waals surface area contributed by atoms with Gasteiger partial charge in [-0.1, -0.05) is 60.3 Å². The van der Waals surface area contributed by atoms with Gasteiger partial charge in [0.05, 0.1) is 0 Å². The molecule has 0 aromatic carbocycles. The molecular weight excluding hydrogens is 204 g/mol. The highest BCUT2D eigenvalue weighted by Crippen LogP contribution is 2.74. The molecule has 0 radical (unpaired) electrons. The molecule has 0 heterocycles. The van der Waals surface area contributed by atoms with E-state index in [0.29, 0.717) is 10.8 Å². The Balaban J connectivity index is 2.17. The van der Waals surface area contributed by atoms with E-state index in [-0.39, 0.29) is 0 Å². The second-order valence-corrected chi connectivity index (χ2v) is 7.21. The lowest BCUT2D eigenvalue weighted by atomic mass is 9.40. The number of hydrogen-bond acceptors (Lipinski definition) is 0. The molecule has 0 N–H and O–H groups in total. The molecule has 2 saturated carbocycles. The highest BCUT2D eigenvalue weighted by atomic mass is 14.7. The Bertz CT molecular complexity index is 263. The molecule has 0 nitrogen and oxygen atoms in total. The van der Waals surface area contributed by atoms with Crippen LogP contribution in [0.1, 0.15) is 79.6 Å². The van der Waals surface area contributed by atoms with Gasteiger partial charge in [-0.25, -0.2) is 0 Å². The molecule has 0 heteroatoms. The molecule has 0 amide bonds. The molecule has 0 saturated heterocycles. The van der Waals surface area contributed by atoms with Gasteiger partial charge < -0.3 is 0 Å². The second-order valence-electron chi connectivity index (χ2n) is 7.21. The van der Waals surface area contributed by atoms with Crippen LogP contribution in [0, 0.1) is 28.6 Å². The van der Waals surface area contributed by atoms with E-state index >= 15 is 0 Å². The Labute approximate surface area is 109 Å². The van der Waals surface area contributed by atoms with Crippen LogP contribution in [0.3, 0.4) is 0 Å². The van der Waals surface area contributed by atoms with E-state index in [9.17, 15) is 0 Å². The molecule has 17 heavy (non-hydrogen) atoms. The Morgan fingerprint density at radius 2 is 1.47 bits per heavy atom. The maximum atomic E-state index is 2.64. The van der Waals surface area contributed by atoms with E-state index < -0.39 is 0 Å². The lowest BCUT2D eigenvalue weighted by Gasteiger charge is -2.64. The van der Waals surface area contributed by atoms with Crippen LogP contribution in [0.25, 0.3) is 0 Å². The van der Waals surface area contributed by atoms with Gasteiger partial charge in [0, 0.05) is 0 Å². The van der Waals surface area contributed by atoms with Crippen molar-refractivity contribution in [3.05, 3.63) is 0 Å². The molecule has 2 aliphatic carbocycles. The van der Waals surface area contributed by atoms with Gasteiger partial charge >= 0.3 is 0 Å². The Kier molecular flexibility index (Phi) is 3.63. The summed E-state index contributed by atoms with van der Waals surface area (Å²) in [5.41, 5.74) is 1.38. The van der Waals surface area contributed by atoms with Gasteiger partial charge in [-0.05, 0) is 47.8 Å². The summed E-state index contributed by atoms with van der Waals surface area (Å²) in [5, 5.41) is 0. The molecule has 100 valence electrons. The van der Waals surface area contributed by atoms with Crippen molar-refractivity contribution in [3.63, 3.8) is 0 Å². The molecule has 4 unspecified atom stereocenters. The van der Waals surface area contributed by atoms with E-state index in [1.54, 1.807) is 0 Å². The summed E-state index contributed by atoms with van der Waals surface area (Å²) in [4.78, 5) is 0. The van der Waals surface area contributed by atoms with Crippen LogP contribution in [-0.4, -0.2) is 0 Å². The maximum Gasteiger partial charge on any atom is -0.0210 e. The molecule has 0 aromatic rings. The first-order valence-corrected chi connectivity index (χ1v) is 8.05. The van der Waals surface area contributed by atoms with Crippen LogP contribution >= 0.6 is 0 Å². The van der Waals surface area contributed by atoms with Gasteiger partial charge in [0.25, 0.3) is 0 Å². The summed E-state index contributed by atoms with van der Waals surface area (Å²) in [7, 11) is 0. The smallest absolute Gasteiger partial charge is 0.0210 e. The van der Waals surface area contributed by atoms with E-state index in [0.717, 1.165) is 17.8 Å². The largest absolute Gasteiger partial charge is 0.0654 e. The summed E-state index contributed by atoms with van der Waals surface area (Å²) in [5.74, 6) is 3.10. The fourth-order valence-electron chi connectivity index (χ4n) is 5.24.